The van der Waals surface area contributed by atoms with Crippen LogP contribution in [0.2, 0.25) is 0 Å². The lowest BCUT2D eigenvalue weighted by Crippen LogP contribution is -1.88. The molecule has 14 heavy (non-hydrogen) atoms. The van der Waals surface area contributed by atoms with Crippen LogP contribution in [0.4, 0.5) is 8.78 Å². The monoisotopic (exact) mass is 195 g/mol. The summed E-state index contributed by atoms with van der Waals surface area (Å²) >= 11 is 0. The molecule has 0 N–H and O–H groups in total. The Morgan fingerprint density at radius 2 is 1.86 bits per heavy atom. The third-order valence-electron chi connectivity index (χ3n) is 1.85. The van der Waals surface area contributed by atoms with E-state index in [2.05, 4.69) is 5.16 Å². The van der Waals surface area contributed by atoms with E-state index in [1.54, 1.807) is 6.92 Å². The highest BCUT2D eigenvalue weighted by atomic mass is 19.1. The molecule has 2 nitrogen and oxygen atoms in total. The summed E-state index contributed by atoms with van der Waals surface area (Å²) in [4.78, 5) is 0. The van der Waals surface area contributed by atoms with Crippen LogP contribution < -0.4 is 0 Å². The van der Waals surface area contributed by atoms with Gasteiger partial charge in [-0.05, 0) is 19.1 Å². The third kappa shape index (κ3) is 1.39. The first-order valence-corrected chi connectivity index (χ1v) is 4.06. The maximum absolute atomic E-state index is 13.2. The SMILES string of the molecule is Cc1cc(-c2c(F)cccc2F)no1. The fourth-order valence-corrected chi connectivity index (χ4v) is 1.23. The van der Waals surface area contributed by atoms with E-state index < -0.39 is 11.6 Å². The lowest BCUT2D eigenvalue weighted by atomic mass is 10.1. The molecular formula is C10H7F2NO. The Morgan fingerprint density at radius 1 is 1.21 bits per heavy atom. The topological polar surface area (TPSA) is 26.0 Å². The number of nitrogens with zero attached hydrogens (tertiary/aromatic N) is 1. The van der Waals surface area contributed by atoms with Gasteiger partial charge in [0.25, 0.3) is 0 Å². The van der Waals surface area contributed by atoms with Gasteiger partial charge in [-0.2, -0.15) is 0 Å². The molecule has 1 aromatic carbocycles. The van der Waals surface area contributed by atoms with Gasteiger partial charge < -0.3 is 4.52 Å². The zero-order valence-electron chi connectivity index (χ0n) is 7.42. The van der Waals surface area contributed by atoms with Crippen LogP contribution in [0.1, 0.15) is 5.76 Å². The van der Waals surface area contributed by atoms with Gasteiger partial charge in [-0.3, -0.25) is 0 Å². The average molecular weight is 195 g/mol. The van der Waals surface area contributed by atoms with Crippen LogP contribution in [-0.2, 0) is 0 Å². The van der Waals surface area contributed by atoms with E-state index in [9.17, 15) is 8.78 Å². The van der Waals surface area contributed by atoms with Gasteiger partial charge in [0, 0.05) is 6.07 Å². The van der Waals surface area contributed by atoms with Crippen molar-refractivity contribution >= 4 is 0 Å². The van der Waals surface area contributed by atoms with Crippen molar-refractivity contribution < 1.29 is 13.3 Å². The molecule has 0 fully saturated rings. The van der Waals surface area contributed by atoms with Crippen LogP contribution in [0, 0.1) is 18.6 Å². The molecule has 0 spiro atoms. The molecule has 4 heteroatoms. The van der Waals surface area contributed by atoms with Gasteiger partial charge >= 0.3 is 0 Å². The zero-order chi connectivity index (χ0) is 10.1. The highest BCUT2D eigenvalue weighted by Crippen LogP contribution is 2.24. The van der Waals surface area contributed by atoms with Crippen LogP contribution in [0.15, 0.2) is 28.8 Å². The Labute approximate surface area is 79.1 Å². The Morgan fingerprint density at radius 3 is 2.36 bits per heavy atom. The molecule has 2 rings (SSSR count). The minimum Gasteiger partial charge on any atom is -0.361 e. The predicted molar refractivity (Wildman–Crippen MR) is 46.6 cm³/mol. The van der Waals surface area contributed by atoms with E-state index in [0.717, 1.165) is 0 Å². The summed E-state index contributed by atoms with van der Waals surface area (Å²) in [6, 6.07) is 5.16. The first-order chi connectivity index (χ1) is 6.68. The van der Waals surface area contributed by atoms with Crippen LogP contribution in [0.3, 0.4) is 0 Å². The van der Waals surface area contributed by atoms with Crippen molar-refractivity contribution in [2.75, 3.05) is 0 Å². The first-order valence-electron chi connectivity index (χ1n) is 4.06. The van der Waals surface area contributed by atoms with Gasteiger partial charge in [0.15, 0.2) is 0 Å². The molecule has 1 aromatic heterocycles. The number of hydrogen-bond acceptors (Lipinski definition) is 2. The second kappa shape index (κ2) is 3.21. The number of benzene rings is 1. The molecule has 0 saturated carbocycles. The molecule has 72 valence electrons. The number of aromatic nitrogens is 1. The highest BCUT2D eigenvalue weighted by molar-refractivity contribution is 5.60. The molecular weight excluding hydrogens is 188 g/mol. The van der Waals surface area contributed by atoms with Gasteiger partial charge in [0.1, 0.15) is 23.1 Å². The average Bonchev–Trinajstić information content (AvgIpc) is 2.51. The molecule has 0 unspecified atom stereocenters. The van der Waals surface area contributed by atoms with Crippen molar-refractivity contribution in [1.29, 1.82) is 0 Å². The summed E-state index contributed by atoms with van der Waals surface area (Å²) in [6.07, 6.45) is 0. The van der Waals surface area contributed by atoms with E-state index in [0.29, 0.717) is 5.76 Å². The van der Waals surface area contributed by atoms with Gasteiger partial charge in [0.2, 0.25) is 0 Å². The summed E-state index contributed by atoms with van der Waals surface area (Å²) in [5.74, 6) is -0.765. The standard InChI is InChI=1S/C10H7F2NO/c1-6-5-9(13-14-6)10-7(11)3-2-4-8(10)12/h2-5H,1H3. The van der Waals surface area contributed by atoms with Gasteiger partial charge in [-0.1, -0.05) is 11.2 Å². The minimum atomic E-state index is -0.640. The summed E-state index contributed by atoms with van der Waals surface area (Å²) < 4.78 is 31.2. The van der Waals surface area contributed by atoms with E-state index in [1.165, 1.54) is 24.3 Å². The third-order valence-corrected chi connectivity index (χ3v) is 1.85. The van der Waals surface area contributed by atoms with Crippen molar-refractivity contribution in [1.82, 2.24) is 5.16 Å². The van der Waals surface area contributed by atoms with Crippen molar-refractivity contribution in [3.63, 3.8) is 0 Å². The van der Waals surface area contributed by atoms with Gasteiger partial charge in [-0.15, -0.1) is 0 Å². The second-order valence-corrected chi connectivity index (χ2v) is 2.92. The normalized spacial score (nSPS) is 10.5. The van der Waals surface area contributed by atoms with E-state index >= 15 is 0 Å². The molecule has 0 amide bonds. The molecule has 0 bridgehead atoms. The lowest BCUT2D eigenvalue weighted by Gasteiger charge is -1.98. The molecule has 0 radical (unpaired) electrons. The Balaban J connectivity index is 2.61. The maximum Gasteiger partial charge on any atom is 0.135 e. The van der Waals surface area contributed by atoms with Crippen LogP contribution in [-0.4, -0.2) is 5.16 Å². The molecule has 0 atom stereocenters. The molecule has 0 aliphatic heterocycles. The molecule has 0 saturated heterocycles. The number of rotatable bonds is 1. The number of hydrogen-bond donors (Lipinski definition) is 0. The molecule has 1 heterocycles. The van der Waals surface area contributed by atoms with Gasteiger partial charge in [-0.25, -0.2) is 8.78 Å². The second-order valence-electron chi connectivity index (χ2n) is 2.92. The quantitative estimate of drug-likeness (QED) is 0.699. The largest absolute Gasteiger partial charge is 0.361 e. The number of halogens is 2. The Kier molecular flexibility index (Phi) is 2.04. The van der Waals surface area contributed by atoms with Crippen LogP contribution in [0.25, 0.3) is 11.3 Å². The van der Waals surface area contributed by atoms with Crippen molar-refractivity contribution in [2.45, 2.75) is 6.92 Å². The zero-order valence-corrected chi connectivity index (χ0v) is 7.42. The Bertz CT molecular complexity index is 445. The van der Waals surface area contributed by atoms with Crippen molar-refractivity contribution in [3.8, 4) is 11.3 Å². The fraction of sp³-hybridized carbons (Fsp3) is 0.100. The van der Waals surface area contributed by atoms with Gasteiger partial charge in [0.05, 0.1) is 5.56 Å². The summed E-state index contributed by atoms with van der Waals surface area (Å²) in [7, 11) is 0. The fourth-order valence-electron chi connectivity index (χ4n) is 1.23. The molecule has 0 aliphatic rings. The highest BCUT2D eigenvalue weighted by Gasteiger charge is 2.13. The van der Waals surface area contributed by atoms with E-state index in [4.69, 9.17) is 4.52 Å². The number of aryl methyl sites for hydroxylation is 1. The predicted octanol–water partition coefficient (Wildman–Crippen LogP) is 2.93. The molecule has 2 aromatic rings. The Hall–Kier alpha value is -1.71. The van der Waals surface area contributed by atoms with E-state index in [-0.39, 0.29) is 11.3 Å². The minimum absolute atomic E-state index is 0.149. The summed E-state index contributed by atoms with van der Waals surface area (Å²) in [6.45, 7) is 1.66. The van der Waals surface area contributed by atoms with Crippen LogP contribution >= 0.6 is 0 Å². The summed E-state index contributed by atoms with van der Waals surface area (Å²) in [5, 5.41) is 3.55. The first kappa shape index (κ1) is 8.87. The molecule has 0 aliphatic carbocycles. The van der Waals surface area contributed by atoms with E-state index in [1.807, 2.05) is 0 Å². The van der Waals surface area contributed by atoms with Crippen molar-refractivity contribution in [2.24, 2.45) is 0 Å². The lowest BCUT2D eigenvalue weighted by molar-refractivity contribution is 0.399. The summed E-state index contributed by atoms with van der Waals surface area (Å²) in [5.41, 5.74) is 0.0300. The maximum atomic E-state index is 13.2. The van der Waals surface area contributed by atoms with Crippen LogP contribution in [0.5, 0.6) is 0 Å². The smallest absolute Gasteiger partial charge is 0.135 e. The van der Waals surface area contributed by atoms with Crippen molar-refractivity contribution in [3.05, 3.63) is 41.7 Å².